The Morgan fingerprint density at radius 3 is 2.05 bits per heavy atom. The van der Waals surface area contributed by atoms with Crippen molar-refractivity contribution in [1.29, 1.82) is 0 Å². The van der Waals surface area contributed by atoms with Gasteiger partial charge in [-0.05, 0) is 36.2 Å². The molecule has 0 saturated carbocycles. The first-order valence-corrected chi connectivity index (χ1v) is 28.4. The van der Waals surface area contributed by atoms with Crippen LogP contribution in [-0.4, -0.2) is 193 Å². The van der Waals surface area contributed by atoms with Crippen molar-refractivity contribution in [2.24, 2.45) is 0 Å². The van der Waals surface area contributed by atoms with Crippen LogP contribution >= 0.6 is 15.6 Å². The number of phosphoric acid groups is 1. The van der Waals surface area contributed by atoms with E-state index in [0.29, 0.717) is 68.6 Å². The number of hydrogen-bond donors (Lipinski definition) is 9. The molecule has 440 valence electrons. The number of anilines is 2. The Hall–Kier alpha value is -5.54. The quantitative estimate of drug-likeness (QED) is 0.0117. The second-order valence-electron chi connectivity index (χ2n) is 18.0. The summed E-state index contributed by atoms with van der Waals surface area (Å²) in [5.41, 5.74) is 7.16. The van der Waals surface area contributed by atoms with E-state index in [1.807, 2.05) is 0 Å². The average Bonchev–Trinajstić information content (AvgIpc) is 4.25. The molecule has 4 amide bonds. The van der Waals surface area contributed by atoms with Crippen LogP contribution in [0, 0.1) is 5.82 Å². The SMILES string of the molecule is Nc1nc2c(c(=O)[nH]1)n(Cc1ccc(F)cc1)c[n+]2[C@@H]1O[C@H](COP(=O)(O)OP(=O)(O)NCCOCCOCCOCCOCCOCCOCCOCCC(=O)Nc2cccc3c2CN(C2CCC(=O)NC2=O)C3=O)[C@@H](O)[C@H]1O. The maximum Gasteiger partial charge on any atom is 0.480 e. The summed E-state index contributed by atoms with van der Waals surface area (Å²) in [5.74, 6) is -2.24. The maximum atomic E-state index is 13.5. The van der Waals surface area contributed by atoms with Crippen molar-refractivity contribution >= 4 is 62.0 Å². The van der Waals surface area contributed by atoms with Crippen molar-refractivity contribution in [3.8, 4) is 0 Å². The highest BCUT2D eigenvalue weighted by Gasteiger charge is 2.49. The lowest BCUT2D eigenvalue weighted by Crippen LogP contribution is -2.52. The molecule has 33 heteroatoms. The number of phosphoric ester groups is 1. The predicted octanol–water partition coefficient (Wildman–Crippen LogP) is -0.869. The van der Waals surface area contributed by atoms with Crippen molar-refractivity contribution in [2.75, 3.05) is 117 Å². The maximum absolute atomic E-state index is 13.5. The molecule has 2 saturated heterocycles. The molecule has 0 spiro atoms. The number of nitrogens with one attached hydrogen (secondary N) is 4. The normalized spacial score (nSPS) is 20.7. The number of carbonyl (C=O) groups excluding carboxylic acids is 4. The predicted molar refractivity (Wildman–Crippen MR) is 273 cm³/mol. The summed E-state index contributed by atoms with van der Waals surface area (Å²) >= 11 is 0. The van der Waals surface area contributed by atoms with E-state index in [2.05, 4.69) is 30.0 Å². The Morgan fingerprint density at radius 2 is 1.44 bits per heavy atom. The molecule has 3 aliphatic rings. The molecule has 80 heavy (non-hydrogen) atoms. The number of nitrogens with zero attached hydrogens (tertiary/aromatic N) is 4. The number of aliphatic hydroxyl groups excluding tert-OH is 2. The molecule has 7 atom stereocenters. The number of hydrogen-bond acceptors (Lipinski definition) is 21. The number of amides is 4. The molecular formula is C47H65FN9O21P2+. The van der Waals surface area contributed by atoms with Gasteiger partial charge in [0.2, 0.25) is 29.5 Å². The van der Waals surface area contributed by atoms with Gasteiger partial charge in [0.1, 0.15) is 30.2 Å². The van der Waals surface area contributed by atoms with Crippen LogP contribution in [0.4, 0.5) is 16.0 Å². The molecule has 4 aromatic rings. The number of H-pyrrole nitrogens is 1. The molecule has 2 aromatic heterocycles. The van der Waals surface area contributed by atoms with E-state index >= 15 is 0 Å². The van der Waals surface area contributed by atoms with Crippen molar-refractivity contribution in [1.82, 2.24) is 29.8 Å². The number of nitrogens with two attached hydrogens (primary N) is 1. The molecular weight excluding hydrogens is 1110 g/mol. The molecule has 7 rings (SSSR count). The number of carbonyl (C=O) groups is 4. The van der Waals surface area contributed by atoms with Gasteiger partial charge in [-0.1, -0.05) is 23.2 Å². The van der Waals surface area contributed by atoms with Gasteiger partial charge in [-0.25, -0.2) is 23.2 Å². The summed E-state index contributed by atoms with van der Waals surface area (Å²) in [6.07, 6.45) is -4.54. The van der Waals surface area contributed by atoms with Gasteiger partial charge in [0.05, 0.1) is 112 Å². The number of piperidine rings is 1. The van der Waals surface area contributed by atoms with E-state index < -0.39 is 70.0 Å². The zero-order chi connectivity index (χ0) is 57.2. The zero-order valence-corrected chi connectivity index (χ0v) is 45.0. The third-order valence-electron chi connectivity index (χ3n) is 12.3. The smallest absolute Gasteiger partial charge is 0.387 e. The fourth-order valence-corrected chi connectivity index (χ4v) is 10.7. The number of aromatic nitrogens is 4. The minimum atomic E-state index is -5.28. The Bertz CT molecular complexity index is 2900. The molecule has 2 aromatic carbocycles. The van der Waals surface area contributed by atoms with Crippen LogP contribution in [0.1, 0.15) is 47.0 Å². The molecule has 0 aliphatic carbocycles. The largest absolute Gasteiger partial charge is 0.480 e. The van der Waals surface area contributed by atoms with Crippen LogP contribution in [0.15, 0.2) is 53.6 Å². The fourth-order valence-electron chi connectivity index (χ4n) is 8.48. The van der Waals surface area contributed by atoms with Gasteiger partial charge in [0.15, 0.2) is 6.33 Å². The highest BCUT2D eigenvalue weighted by Crippen LogP contribution is 2.57. The molecule has 10 N–H and O–H groups in total. The van der Waals surface area contributed by atoms with Crippen LogP contribution in [0.3, 0.4) is 0 Å². The Labute approximate surface area is 456 Å². The third kappa shape index (κ3) is 18.0. The number of imide groups is 1. The van der Waals surface area contributed by atoms with Crippen molar-refractivity contribution < 1.29 is 104 Å². The lowest BCUT2D eigenvalue weighted by atomic mass is 10.0. The number of aliphatic hydroxyl groups is 2. The number of ether oxygens (including phenoxy) is 8. The molecule has 3 aliphatic heterocycles. The minimum absolute atomic E-state index is 0.00273. The van der Waals surface area contributed by atoms with Crippen molar-refractivity contribution in [3.63, 3.8) is 0 Å². The number of rotatable bonds is 35. The van der Waals surface area contributed by atoms with Crippen molar-refractivity contribution in [3.05, 3.63) is 81.7 Å². The van der Waals surface area contributed by atoms with Crippen molar-refractivity contribution in [2.45, 2.75) is 62.9 Å². The lowest BCUT2D eigenvalue weighted by Gasteiger charge is -2.29. The van der Waals surface area contributed by atoms with Crippen LogP contribution < -0.4 is 31.6 Å². The van der Waals surface area contributed by atoms with E-state index in [0.717, 1.165) is 0 Å². The summed E-state index contributed by atoms with van der Waals surface area (Å²) in [7, 11) is -10.2. The summed E-state index contributed by atoms with van der Waals surface area (Å²) in [5, 5.41) is 28.8. The van der Waals surface area contributed by atoms with E-state index in [4.69, 9.17) is 48.2 Å². The Balaban J connectivity index is 0.640. The number of fused-ring (bicyclic) bond motifs is 2. The van der Waals surface area contributed by atoms with Gasteiger partial charge >= 0.3 is 21.2 Å². The van der Waals surface area contributed by atoms with E-state index in [1.54, 1.807) is 18.2 Å². The number of halogens is 1. The Kier molecular flexibility index (Phi) is 23.2. The molecule has 0 bridgehead atoms. The fraction of sp³-hybridized carbons (Fsp3) is 0.553. The zero-order valence-electron chi connectivity index (χ0n) is 43.2. The first-order chi connectivity index (χ1) is 38.4. The van der Waals surface area contributed by atoms with Gasteiger partial charge in [-0.2, -0.15) is 4.31 Å². The lowest BCUT2D eigenvalue weighted by molar-refractivity contribution is -0.745. The highest BCUT2D eigenvalue weighted by molar-refractivity contribution is 7.62. The summed E-state index contributed by atoms with van der Waals surface area (Å²) in [4.78, 5) is 90.8. The summed E-state index contributed by atoms with van der Waals surface area (Å²) in [6.45, 7) is 2.43. The molecule has 30 nitrogen and oxygen atoms in total. The van der Waals surface area contributed by atoms with Crippen LogP contribution in [0.25, 0.3) is 11.2 Å². The number of nitrogen functional groups attached to an aromatic ring is 1. The second-order valence-corrected chi connectivity index (χ2v) is 21.2. The molecule has 0 radical (unpaired) electrons. The van der Waals surface area contributed by atoms with Gasteiger partial charge in [-0.15, -0.1) is 0 Å². The van der Waals surface area contributed by atoms with Gasteiger partial charge in [0, 0.05) is 36.3 Å². The monoisotopic (exact) mass is 1170 g/mol. The first kappa shape index (κ1) is 62.1. The second kappa shape index (κ2) is 30.0. The summed E-state index contributed by atoms with van der Waals surface area (Å²) in [6, 6.07) is 9.71. The van der Waals surface area contributed by atoms with Crippen LogP contribution in [-0.2, 0) is 83.3 Å². The number of benzene rings is 2. The summed E-state index contributed by atoms with van der Waals surface area (Å²) < 4.78 is 94.5. The molecule has 5 heterocycles. The van der Waals surface area contributed by atoms with Gasteiger partial charge < -0.3 is 73.8 Å². The van der Waals surface area contributed by atoms with E-state index in [-0.39, 0.29) is 120 Å². The number of imidazole rings is 1. The highest BCUT2D eigenvalue weighted by atomic mass is 31.3. The van der Waals surface area contributed by atoms with Crippen LogP contribution in [0.2, 0.25) is 0 Å². The standard InChI is InChI=1S/C47H64FN9O21P2/c48-31-6-4-30(5-7-31)26-55-29-57(42-39(55)44(63)54-47(49)53-42)46-41(61)40(60)36(77-46)28-76-80(67,68)78-79(65,66)50-11-13-70-15-17-72-19-21-74-23-25-75-24-22-73-20-18-71-16-14-69-12-10-38(59)51-34-3-1-2-32-33(34)27-56(45(32)64)35-8-9-37(58)52-43(35)62/h1-7,29,35-36,40-41,46,60-61H,8-28H2,(H7-,49,50,51,52,53,54,58,59,62,63,65,66,67,68)/p+1/t35?,36-,40-,41-,46-/m1/s1. The molecule has 3 unspecified atom stereocenters. The number of aromatic amines is 1. The van der Waals surface area contributed by atoms with E-state index in [9.17, 15) is 57.5 Å². The van der Waals surface area contributed by atoms with E-state index in [1.165, 1.54) is 44.6 Å². The molecule has 2 fully saturated rings. The first-order valence-electron chi connectivity index (χ1n) is 25.3. The average molecular weight is 1170 g/mol. The van der Waals surface area contributed by atoms with Crippen LogP contribution in [0.5, 0.6) is 0 Å². The van der Waals surface area contributed by atoms with Gasteiger partial charge in [-0.3, -0.25) is 43.4 Å². The minimum Gasteiger partial charge on any atom is -0.387 e. The third-order valence-corrected chi connectivity index (χ3v) is 15.1. The van der Waals surface area contributed by atoms with Gasteiger partial charge in [0.25, 0.3) is 17.4 Å². The topological polar surface area (TPSA) is 396 Å². The Morgan fingerprint density at radius 1 is 0.838 bits per heavy atom.